The van der Waals surface area contributed by atoms with Gasteiger partial charge in [-0.2, -0.15) is 0 Å². The third kappa shape index (κ3) is 5.23. The molecule has 0 aliphatic carbocycles. The van der Waals surface area contributed by atoms with Crippen molar-refractivity contribution in [2.24, 2.45) is 0 Å². The topological polar surface area (TPSA) is 34.6 Å². The molecule has 3 aromatic rings. The highest BCUT2D eigenvalue weighted by atomic mass is 79.9. The van der Waals surface area contributed by atoms with Gasteiger partial charge in [-0.1, -0.05) is 40.2 Å². The average Bonchev–Trinajstić information content (AvgIpc) is 2.68. The molecule has 0 saturated carbocycles. The van der Waals surface area contributed by atoms with Crippen molar-refractivity contribution in [3.05, 3.63) is 82.0 Å². The first-order valence-electron chi connectivity index (χ1n) is 8.72. The molecule has 0 N–H and O–H groups in total. The number of aromatic nitrogens is 1. The molecule has 0 saturated heterocycles. The fourth-order valence-electron chi connectivity index (χ4n) is 2.89. The Balaban J connectivity index is 1.88. The summed E-state index contributed by atoms with van der Waals surface area (Å²) in [5, 5.41) is 0. The summed E-state index contributed by atoms with van der Waals surface area (Å²) < 4.78 is 11.6. The number of rotatable bonds is 7. The van der Waals surface area contributed by atoms with E-state index in [0.717, 1.165) is 40.6 Å². The van der Waals surface area contributed by atoms with Gasteiger partial charge in [0, 0.05) is 23.3 Å². The standard InChI is InChI=1S/C22H23BrN2O2/c1-16-12-19(23)13-22(24-16)25(14-17-4-8-20(26-2)9-5-17)15-18-6-10-21(27-3)11-7-18/h4-13H,14-15H2,1-3H3. The lowest BCUT2D eigenvalue weighted by Crippen LogP contribution is -2.23. The molecule has 0 atom stereocenters. The molecule has 0 spiro atoms. The lowest BCUT2D eigenvalue weighted by molar-refractivity contribution is 0.414. The van der Waals surface area contributed by atoms with Crippen LogP contribution in [0.25, 0.3) is 0 Å². The van der Waals surface area contributed by atoms with E-state index in [1.807, 2.05) is 37.3 Å². The van der Waals surface area contributed by atoms with Crippen LogP contribution in [0.4, 0.5) is 5.82 Å². The van der Waals surface area contributed by atoms with E-state index in [1.165, 1.54) is 11.1 Å². The van der Waals surface area contributed by atoms with Crippen LogP contribution in [-0.2, 0) is 13.1 Å². The second kappa shape index (κ2) is 8.91. The van der Waals surface area contributed by atoms with E-state index in [0.29, 0.717) is 0 Å². The van der Waals surface area contributed by atoms with Crippen LogP contribution in [0.1, 0.15) is 16.8 Å². The molecule has 140 valence electrons. The fraction of sp³-hybridized carbons (Fsp3) is 0.227. The van der Waals surface area contributed by atoms with Crippen molar-refractivity contribution >= 4 is 21.7 Å². The van der Waals surface area contributed by atoms with Gasteiger partial charge in [-0.05, 0) is 54.4 Å². The molecule has 4 nitrogen and oxygen atoms in total. The van der Waals surface area contributed by atoms with Gasteiger partial charge in [-0.25, -0.2) is 4.98 Å². The van der Waals surface area contributed by atoms with E-state index in [2.05, 4.69) is 51.2 Å². The minimum absolute atomic E-state index is 0.749. The second-order valence-corrected chi connectivity index (χ2v) is 7.25. The Hall–Kier alpha value is -2.53. The van der Waals surface area contributed by atoms with Gasteiger partial charge in [-0.3, -0.25) is 0 Å². The van der Waals surface area contributed by atoms with Gasteiger partial charge in [0.1, 0.15) is 17.3 Å². The quantitative estimate of drug-likeness (QED) is 0.507. The third-order valence-electron chi connectivity index (χ3n) is 4.29. The molecule has 1 heterocycles. The summed E-state index contributed by atoms with van der Waals surface area (Å²) in [6.45, 7) is 3.50. The highest BCUT2D eigenvalue weighted by Crippen LogP contribution is 2.24. The van der Waals surface area contributed by atoms with Gasteiger partial charge in [-0.15, -0.1) is 0 Å². The number of pyridine rings is 1. The van der Waals surface area contributed by atoms with Crippen molar-refractivity contribution in [2.75, 3.05) is 19.1 Å². The maximum Gasteiger partial charge on any atom is 0.130 e. The molecule has 0 aliphatic heterocycles. The Morgan fingerprint density at radius 1 is 0.815 bits per heavy atom. The van der Waals surface area contributed by atoms with Gasteiger partial charge in [0.05, 0.1) is 14.2 Å². The van der Waals surface area contributed by atoms with Gasteiger partial charge < -0.3 is 14.4 Å². The van der Waals surface area contributed by atoms with Gasteiger partial charge >= 0.3 is 0 Å². The SMILES string of the molecule is COc1ccc(CN(Cc2ccc(OC)cc2)c2cc(Br)cc(C)n2)cc1. The predicted octanol–water partition coefficient (Wildman–Crippen LogP) is 5.38. The van der Waals surface area contributed by atoms with Crippen LogP contribution in [0.15, 0.2) is 65.1 Å². The van der Waals surface area contributed by atoms with Crippen molar-refractivity contribution in [3.63, 3.8) is 0 Å². The number of aryl methyl sites for hydroxylation is 1. The second-order valence-electron chi connectivity index (χ2n) is 6.34. The molecule has 0 amide bonds. The van der Waals surface area contributed by atoms with Crippen molar-refractivity contribution < 1.29 is 9.47 Å². The number of hydrogen-bond acceptors (Lipinski definition) is 4. The molecular formula is C22H23BrN2O2. The highest BCUT2D eigenvalue weighted by Gasteiger charge is 2.12. The van der Waals surface area contributed by atoms with E-state index in [1.54, 1.807) is 14.2 Å². The fourth-order valence-corrected chi connectivity index (χ4v) is 3.43. The molecular weight excluding hydrogens is 404 g/mol. The third-order valence-corrected chi connectivity index (χ3v) is 4.75. The Morgan fingerprint density at radius 3 is 1.70 bits per heavy atom. The maximum absolute atomic E-state index is 5.26. The normalized spacial score (nSPS) is 10.5. The Labute approximate surface area is 168 Å². The van der Waals surface area contributed by atoms with Crippen LogP contribution in [-0.4, -0.2) is 19.2 Å². The number of hydrogen-bond donors (Lipinski definition) is 0. The molecule has 27 heavy (non-hydrogen) atoms. The molecule has 1 aromatic heterocycles. The number of nitrogens with zero attached hydrogens (tertiary/aromatic N) is 2. The molecule has 3 rings (SSSR count). The summed E-state index contributed by atoms with van der Waals surface area (Å²) in [5.41, 5.74) is 3.38. The van der Waals surface area contributed by atoms with E-state index in [9.17, 15) is 0 Å². The average molecular weight is 427 g/mol. The summed E-state index contributed by atoms with van der Waals surface area (Å²) >= 11 is 3.59. The molecule has 2 aromatic carbocycles. The largest absolute Gasteiger partial charge is 0.497 e. The molecule has 0 fully saturated rings. The predicted molar refractivity (Wildman–Crippen MR) is 113 cm³/mol. The van der Waals surface area contributed by atoms with E-state index in [4.69, 9.17) is 14.5 Å². The lowest BCUT2D eigenvalue weighted by Gasteiger charge is -2.25. The Morgan fingerprint density at radius 2 is 1.30 bits per heavy atom. The van der Waals surface area contributed by atoms with Crippen LogP contribution >= 0.6 is 15.9 Å². The van der Waals surface area contributed by atoms with Crippen molar-refractivity contribution in [1.29, 1.82) is 0 Å². The Bertz CT molecular complexity index is 810. The lowest BCUT2D eigenvalue weighted by atomic mass is 10.1. The minimum Gasteiger partial charge on any atom is -0.497 e. The number of halogens is 1. The molecule has 0 aliphatic rings. The summed E-state index contributed by atoms with van der Waals surface area (Å²) in [6.07, 6.45) is 0. The smallest absolute Gasteiger partial charge is 0.130 e. The summed E-state index contributed by atoms with van der Waals surface area (Å²) in [4.78, 5) is 7.01. The summed E-state index contributed by atoms with van der Waals surface area (Å²) in [6, 6.07) is 20.4. The van der Waals surface area contributed by atoms with Crippen molar-refractivity contribution in [1.82, 2.24) is 4.98 Å². The van der Waals surface area contributed by atoms with Crippen LogP contribution in [0.3, 0.4) is 0 Å². The minimum atomic E-state index is 0.749. The number of benzene rings is 2. The zero-order chi connectivity index (χ0) is 19.2. The van der Waals surface area contributed by atoms with Crippen LogP contribution in [0.2, 0.25) is 0 Å². The number of methoxy groups -OCH3 is 2. The first-order chi connectivity index (χ1) is 13.1. The van der Waals surface area contributed by atoms with Gasteiger partial charge in [0.15, 0.2) is 0 Å². The first-order valence-corrected chi connectivity index (χ1v) is 9.51. The van der Waals surface area contributed by atoms with Gasteiger partial charge in [0.2, 0.25) is 0 Å². The Kier molecular flexibility index (Phi) is 6.35. The molecule has 0 radical (unpaired) electrons. The van der Waals surface area contributed by atoms with Crippen LogP contribution < -0.4 is 14.4 Å². The zero-order valence-corrected chi connectivity index (χ0v) is 17.4. The van der Waals surface area contributed by atoms with E-state index in [-0.39, 0.29) is 0 Å². The van der Waals surface area contributed by atoms with Gasteiger partial charge in [0.25, 0.3) is 0 Å². The summed E-state index contributed by atoms with van der Waals surface area (Å²) in [5.74, 6) is 2.65. The van der Waals surface area contributed by atoms with Crippen molar-refractivity contribution in [2.45, 2.75) is 20.0 Å². The molecule has 0 bridgehead atoms. The molecule has 5 heteroatoms. The van der Waals surface area contributed by atoms with E-state index >= 15 is 0 Å². The zero-order valence-electron chi connectivity index (χ0n) is 15.8. The van der Waals surface area contributed by atoms with E-state index < -0.39 is 0 Å². The number of ether oxygens (including phenoxy) is 2. The van der Waals surface area contributed by atoms with Crippen LogP contribution in [0.5, 0.6) is 11.5 Å². The highest BCUT2D eigenvalue weighted by molar-refractivity contribution is 9.10. The van der Waals surface area contributed by atoms with Crippen molar-refractivity contribution in [3.8, 4) is 11.5 Å². The number of anilines is 1. The first kappa shape index (κ1) is 19.2. The maximum atomic E-state index is 5.26. The molecule has 0 unspecified atom stereocenters. The monoisotopic (exact) mass is 426 g/mol. The van der Waals surface area contributed by atoms with Crippen LogP contribution in [0, 0.1) is 6.92 Å². The summed E-state index contributed by atoms with van der Waals surface area (Å²) in [7, 11) is 3.36.